The number of rotatable bonds is 4. The topological polar surface area (TPSA) is 69.3 Å². The van der Waals surface area contributed by atoms with Crippen LogP contribution in [0, 0.1) is 13.8 Å². The van der Waals surface area contributed by atoms with Gasteiger partial charge in [0.1, 0.15) is 5.82 Å². The maximum atomic E-state index is 12.7. The van der Waals surface area contributed by atoms with Gasteiger partial charge >= 0.3 is 0 Å². The van der Waals surface area contributed by atoms with E-state index in [1.807, 2.05) is 49.1 Å². The summed E-state index contributed by atoms with van der Waals surface area (Å²) >= 11 is 0. The molecule has 2 aromatic heterocycles. The molecule has 29 heavy (non-hydrogen) atoms. The molecule has 0 spiro atoms. The van der Waals surface area contributed by atoms with Crippen LogP contribution in [-0.2, 0) is 11.2 Å². The molecule has 0 saturated carbocycles. The number of nitrogens with one attached hydrogen (secondary N) is 1. The van der Waals surface area contributed by atoms with E-state index in [-0.39, 0.29) is 11.5 Å². The first-order valence-electron chi connectivity index (χ1n) is 10.1. The number of amides is 1. The van der Waals surface area contributed by atoms with Gasteiger partial charge in [-0.05, 0) is 55.7 Å². The zero-order valence-electron chi connectivity index (χ0n) is 16.9. The van der Waals surface area contributed by atoms with E-state index in [4.69, 9.17) is 0 Å². The lowest BCUT2D eigenvalue weighted by Gasteiger charge is -2.35. The van der Waals surface area contributed by atoms with E-state index in [9.17, 15) is 9.59 Å². The molecule has 1 N–H and O–H groups in total. The Hall–Kier alpha value is -3.15. The number of fused-ring (bicyclic) bond motifs is 1. The minimum absolute atomic E-state index is 0.102. The van der Waals surface area contributed by atoms with Crippen molar-refractivity contribution in [1.82, 2.24) is 14.9 Å². The molecular formula is C23H26N4O2. The van der Waals surface area contributed by atoms with E-state index in [1.165, 1.54) is 0 Å². The summed E-state index contributed by atoms with van der Waals surface area (Å²) in [6, 6.07) is 11.9. The molecule has 3 heterocycles. The summed E-state index contributed by atoms with van der Waals surface area (Å²) in [6.45, 7) is 6.98. The van der Waals surface area contributed by atoms with Crippen LogP contribution in [0.25, 0.3) is 10.9 Å². The highest BCUT2D eigenvalue weighted by atomic mass is 16.2. The highest BCUT2D eigenvalue weighted by molar-refractivity contribution is 5.83. The Bertz CT molecular complexity index is 1080. The van der Waals surface area contributed by atoms with Gasteiger partial charge in [0.05, 0.1) is 0 Å². The van der Waals surface area contributed by atoms with Crippen LogP contribution >= 0.6 is 0 Å². The third-order valence-corrected chi connectivity index (χ3v) is 5.60. The number of hydrogen-bond acceptors (Lipinski definition) is 4. The van der Waals surface area contributed by atoms with Gasteiger partial charge in [-0.1, -0.05) is 12.1 Å². The van der Waals surface area contributed by atoms with Crippen LogP contribution < -0.4 is 10.5 Å². The fourth-order valence-corrected chi connectivity index (χ4v) is 4.03. The molecule has 1 amide bonds. The minimum atomic E-state index is -0.102. The standard InChI is InChI=1S/C23H26N4O2/c1-16-13-17(2)19-15-18(23(29)25-20(19)14-16)6-7-22(28)27-11-9-26(10-12-27)21-5-3-4-8-24-21/h3-5,8,13-15H,6-7,9-12H2,1-2H3,(H,25,29). The SMILES string of the molecule is Cc1cc(C)c2cc(CCC(=O)N3CCN(c4ccccn4)CC3)c(=O)[nH]c2c1. The summed E-state index contributed by atoms with van der Waals surface area (Å²) in [5.74, 6) is 1.05. The number of nitrogens with zero attached hydrogens (tertiary/aromatic N) is 3. The first kappa shape index (κ1) is 19.2. The van der Waals surface area contributed by atoms with Crippen molar-refractivity contribution in [3.8, 4) is 0 Å². The van der Waals surface area contributed by atoms with Crippen LogP contribution in [0.4, 0.5) is 5.82 Å². The number of hydrogen-bond donors (Lipinski definition) is 1. The van der Waals surface area contributed by atoms with E-state index in [0.717, 1.165) is 40.9 Å². The molecule has 0 atom stereocenters. The zero-order valence-corrected chi connectivity index (χ0v) is 16.9. The number of H-pyrrole nitrogens is 1. The molecule has 1 aliphatic rings. The Kier molecular flexibility index (Phi) is 5.34. The van der Waals surface area contributed by atoms with E-state index >= 15 is 0 Å². The number of piperazine rings is 1. The second-order valence-corrected chi connectivity index (χ2v) is 7.72. The van der Waals surface area contributed by atoms with Gasteiger partial charge in [-0.3, -0.25) is 9.59 Å². The van der Waals surface area contributed by atoms with Crippen molar-refractivity contribution in [3.05, 3.63) is 69.6 Å². The smallest absolute Gasteiger partial charge is 0.251 e. The molecule has 1 aromatic carbocycles. The quantitative estimate of drug-likeness (QED) is 0.744. The third-order valence-electron chi connectivity index (χ3n) is 5.60. The van der Waals surface area contributed by atoms with Crippen LogP contribution in [0.3, 0.4) is 0 Å². The molecule has 6 nitrogen and oxygen atoms in total. The second-order valence-electron chi connectivity index (χ2n) is 7.72. The lowest BCUT2D eigenvalue weighted by molar-refractivity contribution is -0.131. The fraction of sp³-hybridized carbons (Fsp3) is 0.348. The highest BCUT2D eigenvalue weighted by Gasteiger charge is 2.21. The van der Waals surface area contributed by atoms with Crippen LogP contribution in [0.2, 0.25) is 0 Å². The molecule has 4 rings (SSSR count). The molecule has 0 aliphatic carbocycles. The maximum Gasteiger partial charge on any atom is 0.251 e. The maximum absolute atomic E-state index is 12.7. The van der Waals surface area contributed by atoms with Gasteiger partial charge in [0.2, 0.25) is 5.91 Å². The normalized spacial score (nSPS) is 14.4. The molecule has 1 fully saturated rings. The van der Waals surface area contributed by atoms with Crippen molar-refractivity contribution in [3.63, 3.8) is 0 Å². The van der Waals surface area contributed by atoms with Crippen LogP contribution in [0.1, 0.15) is 23.1 Å². The van der Waals surface area contributed by atoms with Crippen molar-refractivity contribution in [1.29, 1.82) is 0 Å². The highest BCUT2D eigenvalue weighted by Crippen LogP contribution is 2.19. The van der Waals surface area contributed by atoms with E-state index in [1.54, 1.807) is 6.20 Å². The van der Waals surface area contributed by atoms with Crippen molar-refractivity contribution in [2.75, 3.05) is 31.1 Å². The summed E-state index contributed by atoms with van der Waals surface area (Å²) in [4.78, 5) is 36.6. The Morgan fingerprint density at radius 1 is 1.10 bits per heavy atom. The zero-order chi connectivity index (χ0) is 20.4. The average Bonchev–Trinajstić information content (AvgIpc) is 2.73. The number of aromatic nitrogens is 2. The molecule has 150 valence electrons. The van der Waals surface area contributed by atoms with Gasteiger partial charge in [0.15, 0.2) is 0 Å². The van der Waals surface area contributed by atoms with Crippen molar-refractivity contribution in [2.24, 2.45) is 0 Å². The van der Waals surface area contributed by atoms with Gasteiger partial charge in [-0.15, -0.1) is 0 Å². The Morgan fingerprint density at radius 3 is 2.62 bits per heavy atom. The average molecular weight is 390 g/mol. The first-order chi connectivity index (χ1) is 14.0. The first-order valence-corrected chi connectivity index (χ1v) is 10.1. The summed E-state index contributed by atoms with van der Waals surface area (Å²) in [5, 5.41) is 1.04. The van der Waals surface area contributed by atoms with Crippen molar-refractivity contribution >= 4 is 22.6 Å². The molecule has 0 radical (unpaired) electrons. The number of carbonyl (C=O) groups excluding carboxylic acids is 1. The number of benzene rings is 1. The lowest BCUT2D eigenvalue weighted by Crippen LogP contribution is -2.49. The van der Waals surface area contributed by atoms with Gasteiger partial charge < -0.3 is 14.8 Å². The van der Waals surface area contributed by atoms with Crippen LogP contribution in [0.5, 0.6) is 0 Å². The Balaban J connectivity index is 1.39. The predicted octanol–water partition coefficient (Wildman–Crippen LogP) is 2.82. The lowest BCUT2D eigenvalue weighted by atomic mass is 10.0. The van der Waals surface area contributed by atoms with Gasteiger partial charge in [0.25, 0.3) is 5.56 Å². The van der Waals surface area contributed by atoms with E-state index < -0.39 is 0 Å². The third kappa shape index (κ3) is 4.16. The summed E-state index contributed by atoms with van der Waals surface area (Å²) in [5.41, 5.74) is 3.68. The number of anilines is 1. The summed E-state index contributed by atoms with van der Waals surface area (Å²) in [7, 11) is 0. The molecule has 0 unspecified atom stereocenters. The summed E-state index contributed by atoms with van der Waals surface area (Å²) in [6.07, 6.45) is 2.60. The summed E-state index contributed by atoms with van der Waals surface area (Å²) < 4.78 is 0. The number of aromatic amines is 1. The molecule has 1 saturated heterocycles. The monoisotopic (exact) mass is 390 g/mol. The minimum Gasteiger partial charge on any atom is -0.353 e. The molecule has 3 aromatic rings. The molecule has 1 aliphatic heterocycles. The van der Waals surface area contributed by atoms with E-state index in [2.05, 4.69) is 20.9 Å². The molecule has 6 heteroatoms. The Labute approximate surface area is 170 Å². The fourth-order valence-electron chi connectivity index (χ4n) is 4.03. The number of pyridine rings is 2. The molecule has 0 bridgehead atoms. The molecular weight excluding hydrogens is 364 g/mol. The van der Waals surface area contributed by atoms with Gasteiger partial charge in [0, 0.05) is 55.3 Å². The Morgan fingerprint density at radius 2 is 1.90 bits per heavy atom. The van der Waals surface area contributed by atoms with Crippen LogP contribution in [0.15, 0.2) is 47.4 Å². The van der Waals surface area contributed by atoms with E-state index in [0.29, 0.717) is 31.5 Å². The predicted molar refractivity (Wildman–Crippen MR) is 115 cm³/mol. The largest absolute Gasteiger partial charge is 0.353 e. The van der Waals surface area contributed by atoms with Gasteiger partial charge in [-0.2, -0.15) is 0 Å². The second kappa shape index (κ2) is 8.07. The number of carbonyl (C=O) groups is 1. The number of aryl methyl sites for hydroxylation is 3. The van der Waals surface area contributed by atoms with Crippen molar-refractivity contribution < 1.29 is 4.79 Å². The van der Waals surface area contributed by atoms with Crippen LogP contribution in [-0.4, -0.2) is 47.0 Å². The van der Waals surface area contributed by atoms with Crippen molar-refractivity contribution in [2.45, 2.75) is 26.7 Å². The van der Waals surface area contributed by atoms with Gasteiger partial charge in [-0.25, -0.2) is 4.98 Å².